The fourth-order valence-electron chi connectivity index (χ4n) is 3.19. The zero-order valence-corrected chi connectivity index (χ0v) is 17.5. The first kappa shape index (κ1) is 20.1. The second kappa shape index (κ2) is 9.49. The highest BCUT2D eigenvalue weighted by Crippen LogP contribution is 2.24. The van der Waals surface area contributed by atoms with Crippen molar-refractivity contribution < 1.29 is 9.53 Å². The summed E-state index contributed by atoms with van der Waals surface area (Å²) in [7, 11) is 0. The van der Waals surface area contributed by atoms with E-state index >= 15 is 0 Å². The Kier molecular flexibility index (Phi) is 7.05. The van der Waals surface area contributed by atoms with E-state index in [0.717, 1.165) is 41.8 Å². The van der Waals surface area contributed by atoms with Crippen LogP contribution in [0.1, 0.15) is 41.4 Å². The van der Waals surface area contributed by atoms with E-state index in [9.17, 15) is 4.79 Å². The maximum Gasteiger partial charge on any atom is 0.251 e. The van der Waals surface area contributed by atoms with E-state index in [1.54, 1.807) is 0 Å². The van der Waals surface area contributed by atoms with Crippen LogP contribution in [0.5, 0.6) is 0 Å². The van der Waals surface area contributed by atoms with Crippen molar-refractivity contribution in [2.24, 2.45) is 5.92 Å². The molecule has 0 radical (unpaired) electrons. The van der Waals surface area contributed by atoms with Crippen LogP contribution in [0, 0.1) is 5.92 Å². The molecule has 1 saturated heterocycles. The average Bonchev–Trinajstić information content (AvgIpc) is 2.67. The molecule has 1 aliphatic heterocycles. The van der Waals surface area contributed by atoms with E-state index in [-0.39, 0.29) is 12.0 Å². The molecule has 0 bridgehead atoms. The van der Waals surface area contributed by atoms with Crippen LogP contribution in [0.2, 0.25) is 0 Å². The quantitative estimate of drug-likeness (QED) is 0.737. The van der Waals surface area contributed by atoms with Gasteiger partial charge in [-0.25, -0.2) is 0 Å². The smallest absolute Gasteiger partial charge is 0.251 e. The van der Waals surface area contributed by atoms with E-state index < -0.39 is 0 Å². The van der Waals surface area contributed by atoms with Crippen molar-refractivity contribution in [1.29, 1.82) is 0 Å². The van der Waals surface area contributed by atoms with Gasteiger partial charge in [0.25, 0.3) is 5.91 Å². The fraction of sp³-hybridized carbons (Fsp3) is 0.409. The molecule has 1 amide bonds. The summed E-state index contributed by atoms with van der Waals surface area (Å²) in [6.45, 7) is 8.18. The highest BCUT2D eigenvalue weighted by atomic mass is 79.9. The second-order valence-electron chi connectivity index (χ2n) is 7.45. The summed E-state index contributed by atoms with van der Waals surface area (Å²) in [5.74, 6) is 0.446. The summed E-state index contributed by atoms with van der Waals surface area (Å²) in [6, 6.07) is 16.3. The maximum atomic E-state index is 12.3. The number of rotatable bonds is 6. The predicted molar refractivity (Wildman–Crippen MR) is 112 cm³/mol. The van der Waals surface area contributed by atoms with E-state index in [2.05, 4.69) is 70.3 Å². The second-order valence-corrected chi connectivity index (χ2v) is 8.37. The molecule has 1 atom stereocenters. The first-order valence-electron chi connectivity index (χ1n) is 9.48. The van der Waals surface area contributed by atoms with E-state index in [1.165, 1.54) is 5.56 Å². The summed E-state index contributed by atoms with van der Waals surface area (Å²) in [5.41, 5.74) is 3.08. The minimum absolute atomic E-state index is 0.000247. The Balaban J connectivity index is 1.62. The molecule has 1 fully saturated rings. The summed E-state index contributed by atoms with van der Waals surface area (Å²) in [5, 5.41) is 2.99. The first-order valence-corrected chi connectivity index (χ1v) is 10.3. The molecule has 1 heterocycles. The molecule has 1 N–H and O–H groups in total. The summed E-state index contributed by atoms with van der Waals surface area (Å²) < 4.78 is 7.04. The van der Waals surface area contributed by atoms with Gasteiger partial charge in [-0.2, -0.15) is 0 Å². The Labute approximate surface area is 170 Å². The Bertz CT molecular complexity index is 761. The van der Waals surface area contributed by atoms with Gasteiger partial charge in [-0.05, 0) is 41.3 Å². The highest BCUT2D eigenvalue weighted by molar-refractivity contribution is 9.10. The number of hydrogen-bond donors (Lipinski definition) is 1. The lowest BCUT2D eigenvalue weighted by Crippen LogP contribution is -2.37. The molecule has 2 aromatic carbocycles. The molecule has 1 aliphatic rings. The van der Waals surface area contributed by atoms with Gasteiger partial charge < -0.3 is 10.1 Å². The van der Waals surface area contributed by atoms with Crippen molar-refractivity contribution in [1.82, 2.24) is 10.2 Å². The van der Waals surface area contributed by atoms with E-state index in [0.29, 0.717) is 12.5 Å². The summed E-state index contributed by atoms with van der Waals surface area (Å²) >= 11 is 3.48. The Hall–Kier alpha value is -1.69. The third kappa shape index (κ3) is 5.89. The Morgan fingerprint density at radius 2 is 2.04 bits per heavy atom. The van der Waals surface area contributed by atoms with Crippen LogP contribution in [-0.4, -0.2) is 37.0 Å². The third-order valence-electron chi connectivity index (χ3n) is 4.66. The largest absolute Gasteiger partial charge is 0.371 e. The van der Waals surface area contributed by atoms with Crippen molar-refractivity contribution in [2.45, 2.75) is 26.5 Å². The Morgan fingerprint density at radius 3 is 2.78 bits per heavy atom. The zero-order valence-electron chi connectivity index (χ0n) is 16.0. The number of hydrogen-bond acceptors (Lipinski definition) is 3. The molecular formula is C22H27BrN2O2. The monoisotopic (exact) mass is 430 g/mol. The predicted octanol–water partition coefficient (Wildman–Crippen LogP) is 4.41. The molecule has 144 valence electrons. The molecule has 1 unspecified atom stereocenters. The van der Waals surface area contributed by atoms with E-state index in [1.807, 2.05) is 18.2 Å². The van der Waals surface area contributed by atoms with Gasteiger partial charge in [-0.3, -0.25) is 9.69 Å². The maximum absolute atomic E-state index is 12.3. The lowest BCUT2D eigenvalue weighted by Gasteiger charge is -2.33. The van der Waals surface area contributed by atoms with Gasteiger partial charge in [0.15, 0.2) is 0 Å². The van der Waals surface area contributed by atoms with Crippen molar-refractivity contribution in [3.8, 4) is 0 Å². The summed E-state index contributed by atoms with van der Waals surface area (Å²) in [6.07, 6.45) is 0.0874. The molecule has 2 aromatic rings. The van der Waals surface area contributed by atoms with Gasteiger partial charge in [0.05, 0.1) is 12.7 Å². The average molecular weight is 431 g/mol. The normalized spacial score (nSPS) is 17.9. The number of carbonyl (C=O) groups is 1. The molecule has 5 heteroatoms. The van der Waals surface area contributed by atoms with Gasteiger partial charge in [0, 0.05) is 36.2 Å². The number of halogens is 1. The number of morpholine rings is 1. The zero-order chi connectivity index (χ0) is 19.2. The Morgan fingerprint density at radius 1 is 1.26 bits per heavy atom. The number of benzene rings is 2. The van der Waals surface area contributed by atoms with Crippen LogP contribution >= 0.6 is 15.9 Å². The molecule has 0 saturated carbocycles. The van der Waals surface area contributed by atoms with Crippen LogP contribution in [0.4, 0.5) is 0 Å². The van der Waals surface area contributed by atoms with Crippen LogP contribution in [0.25, 0.3) is 0 Å². The van der Waals surface area contributed by atoms with E-state index in [4.69, 9.17) is 4.74 Å². The molecule has 3 rings (SSSR count). The van der Waals surface area contributed by atoms with Crippen molar-refractivity contribution >= 4 is 21.8 Å². The van der Waals surface area contributed by atoms with Gasteiger partial charge in [-0.1, -0.05) is 54.0 Å². The first-order chi connectivity index (χ1) is 13.0. The van der Waals surface area contributed by atoms with Crippen LogP contribution in [0.3, 0.4) is 0 Å². The lowest BCUT2D eigenvalue weighted by molar-refractivity contribution is -0.0329. The number of amides is 1. The van der Waals surface area contributed by atoms with Crippen LogP contribution in [0.15, 0.2) is 53.0 Å². The highest BCUT2D eigenvalue weighted by Gasteiger charge is 2.22. The lowest BCUT2D eigenvalue weighted by atomic mass is 10.1. The molecule has 4 nitrogen and oxygen atoms in total. The van der Waals surface area contributed by atoms with Crippen molar-refractivity contribution in [2.75, 3.05) is 26.2 Å². The van der Waals surface area contributed by atoms with Crippen molar-refractivity contribution in [3.63, 3.8) is 0 Å². The number of ether oxygens (including phenoxy) is 1. The van der Waals surface area contributed by atoms with Crippen molar-refractivity contribution in [3.05, 3.63) is 69.7 Å². The number of nitrogens with one attached hydrogen (secondary N) is 1. The topological polar surface area (TPSA) is 41.6 Å². The molecular weight excluding hydrogens is 404 g/mol. The SMILES string of the molecule is CC(C)CNC(=O)c1cccc(CN2CCOC(c3ccc(Br)cc3)C2)c1. The van der Waals surface area contributed by atoms with Gasteiger partial charge in [0.1, 0.15) is 0 Å². The number of nitrogens with zero attached hydrogens (tertiary/aromatic N) is 1. The van der Waals surface area contributed by atoms with Crippen LogP contribution in [-0.2, 0) is 11.3 Å². The third-order valence-corrected chi connectivity index (χ3v) is 5.19. The number of carbonyl (C=O) groups excluding carboxylic acids is 1. The molecule has 27 heavy (non-hydrogen) atoms. The molecule has 0 aliphatic carbocycles. The van der Waals surface area contributed by atoms with Gasteiger partial charge in [0.2, 0.25) is 0 Å². The van der Waals surface area contributed by atoms with Crippen LogP contribution < -0.4 is 5.32 Å². The fourth-order valence-corrected chi connectivity index (χ4v) is 3.46. The standard InChI is InChI=1S/C22H27BrN2O2/c1-16(2)13-24-22(26)19-5-3-4-17(12-19)14-25-10-11-27-21(15-25)18-6-8-20(23)9-7-18/h3-9,12,16,21H,10-11,13-15H2,1-2H3,(H,24,26). The summed E-state index contributed by atoms with van der Waals surface area (Å²) in [4.78, 5) is 14.7. The minimum Gasteiger partial charge on any atom is -0.371 e. The minimum atomic E-state index is 0.000247. The van der Waals surface area contributed by atoms with Gasteiger partial charge in [-0.15, -0.1) is 0 Å². The molecule has 0 spiro atoms. The molecule has 0 aromatic heterocycles. The van der Waals surface area contributed by atoms with Gasteiger partial charge >= 0.3 is 0 Å².